The lowest BCUT2D eigenvalue weighted by atomic mass is 10.1. The summed E-state index contributed by atoms with van der Waals surface area (Å²) in [6, 6.07) is 1.46. The van der Waals surface area contributed by atoms with Crippen LogP contribution in [0, 0.1) is 5.82 Å². The standard InChI is InChI=1S/C14H14F4N2O5/c1-25-9-3-2-7(4-8(9)15)12(13(23)24)20-11(22)5-10(21)19-6-14(16,17)18/h2-4,12H,5-6H2,1H3,(H,19,21)(H,20,22)(H,23,24). The van der Waals surface area contributed by atoms with E-state index < -0.39 is 48.8 Å². The van der Waals surface area contributed by atoms with Gasteiger partial charge in [0.1, 0.15) is 13.0 Å². The van der Waals surface area contributed by atoms with E-state index in [-0.39, 0.29) is 11.3 Å². The quantitative estimate of drug-likeness (QED) is 0.496. The summed E-state index contributed by atoms with van der Waals surface area (Å²) < 4.78 is 54.2. The van der Waals surface area contributed by atoms with Crippen molar-refractivity contribution in [1.82, 2.24) is 10.6 Å². The van der Waals surface area contributed by atoms with Crippen molar-refractivity contribution < 1.29 is 41.8 Å². The van der Waals surface area contributed by atoms with Crippen LogP contribution in [0.1, 0.15) is 18.0 Å². The predicted octanol–water partition coefficient (Wildman–Crippen LogP) is 1.14. The molecule has 11 heteroatoms. The molecule has 1 atom stereocenters. The van der Waals surface area contributed by atoms with Crippen molar-refractivity contribution in [2.24, 2.45) is 0 Å². The molecule has 0 saturated carbocycles. The number of carboxylic acid groups (broad SMARTS) is 1. The highest BCUT2D eigenvalue weighted by Crippen LogP contribution is 2.22. The van der Waals surface area contributed by atoms with Crippen LogP contribution in [0.2, 0.25) is 0 Å². The van der Waals surface area contributed by atoms with E-state index in [4.69, 9.17) is 5.11 Å². The van der Waals surface area contributed by atoms with Crippen LogP contribution in [0.3, 0.4) is 0 Å². The Morgan fingerprint density at radius 2 is 1.88 bits per heavy atom. The van der Waals surface area contributed by atoms with Crippen molar-refractivity contribution in [2.75, 3.05) is 13.7 Å². The Bertz CT molecular complexity index is 663. The zero-order valence-electron chi connectivity index (χ0n) is 12.8. The number of hydrogen-bond donors (Lipinski definition) is 3. The summed E-state index contributed by atoms with van der Waals surface area (Å²) in [5.41, 5.74) is -0.144. The van der Waals surface area contributed by atoms with Crippen molar-refractivity contribution in [1.29, 1.82) is 0 Å². The minimum Gasteiger partial charge on any atom is -0.494 e. The average Bonchev–Trinajstić information content (AvgIpc) is 2.49. The Morgan fingerprint density at radius 1 is 1.24 bits per heavy atom. The first-order valence-corrected chi connectivity index (χ1v) is 6.72. The smallest absolute Gasteiger partial charge is 0.405 e. The second kappa shape index (κ2) is 8.31. The minimum absolute atomic E-state index is 0.144. The maximum atomic E-state index is 13.6. The minimum atomic E-state index is -4.64. The molecule has 0 aliphatic rings. The van der Waals surface area contributed by atoms with Crippen LogP contribution in [0.15, 0.2) is 18.2 Å². The van der Waals surface area contributed by atoms with Crippen LogP contribution in [0.5, 0.6) is 5.75 Å². The van der Waals surface area contributed by atoms with Gasteiger partial charge in [0.15, 0.2) is 17.6 Å². The molecule has 2 amide bonds. The molecule has 3 N–H and O–H groups in total. The summed E-state index contributed by atoms with van der Waals surface area (Å²) in [7, 11) is 1.20. The van der Waals surface area contributed by atoms with Gasteiger partial charge >= 0.3 is 12.1 Å². The Morgan fingerprint density at radius 3 is 2.36 bits per heavy atom. The number of methoxy groups -OCH3 is 1. The Hall–Kier alpha value is -2.85. The van der Waals surface area contributed by atoms with Gasteiger partial charge in [-0.3, -0.25) is 9.59 Å². The van der Waals surface area contributed by atoms with E-state index in [0.29, 0.717) is 0 Å². The molecule has 0 bridgehead atoms. The van der Waals surface area contributed by atoms with E-state index in [1.54, 1.807) is 0 Å². The lowest BCUT2D eigenvalue weighted by Crippen LogP contribution is -2.39. The average molecular weight is 366 g/mol. The molecule has 0 aliphatic heterocycles. The molecule has 1 aromatic rings. The first-order chi connectivity index (χ1) is 11.5. The van der Waals surface area contributed by atoms with Gasteiger partial charge in [-0.15, -0.1) is 0 Å². The summed E-state index contributed by atoms with van der Waals surface area (Å²) in [5, 5.41) is 12.5. The second-order valence-electron chi connectivity index (χ2n) is 4.80. The van der Waals surface area contributed by atoms with Gasteiger partial charge in [-0.25, -0.2) is 9.18 Å². The highest BCUT2D eigenvalue weighted by Gasteiger charge is 2.29. The van der Waals surface area contributed by atoms with E-state index in [1.165, 1.54) is 18.5 Å². The zero-order valence-corrected chi connectivity index (χ0v) is 12.8. The summed E-state index contributed by atoms with van der Waals surface area (Å²) in [5.74, 6) is -4.94. The third-order valence-corrected chi connectivity index (χ3v) is 2.87. The third kappa shape index (κ3) is 6.65. The SMILES string of the molecule is COc1ccc(C(NC(=O)CC(=O)NCC(F)(F)F)C(=O)O)cc1F. The Kier molecular flexibility index (Phi) is 6.71. The molecular formula is C14H14F4N2O5. The van der Waals surface area contributed by atoms with E-state index in [0.717, 1.165) is 12.1 Å². The molecule has 1 aromatic carbocycles. The van der Waals surface area contributed by atoms with Crippen LogP contribution in [-0.4, -0.2) is 42.7 Å². The summed E-state index contributed by atoms with van der Waals surface area (Å²) in [6.45, 7) is -1.62. The lowest BCUT2D eigenvalue weighted by Gasteiger charge is -2.16. The van der Waals surface area contributed by atoms with Gasteiger partial charge in [0.25, 0.3) is 0 Å². The first-order valence-electron chi connectivity index (χ1n) is 6.72. The number of alkyl halides is 3. The summed E-state index contributed by atoms with van der Waals surface area (Å²) >= 11 is 0. The van der Waals surface area contributed by atoms with Gasteiger partial charge in [-0.05, 0) is 17.7 Å². The van der Waals surface area contributed by atoms with Gasteiger partial charge in [-0.2, -0.15) is 13.2 Å². The molecule has 0 saturated heterocycles. The van der Waals surface area contributed by atoms with Crippen molar-refractivity contribution >= 4 is 17.8 Å². The summed E-state index contributed by atoms with van der Waals surface area (Å²) in [4.78, 5) is 34.1. The fraction of sp³-hybridized carbons (Fsp3) is 0.357. The fourth-order valence-electron chi connectivity index (χ4n) is 1.77. The van der Waals surface area contributed by atoms with E-state index in [9.17, 15) is 31.9 Å². The number of carboxylic acids is 1. The van der Waals surface area contributed by atoms with Crippen LogP contribution in [-0.2, 0) is 14.4 Å². The number of hydrogen-bond acceptors (Lipinski definition) is 4. The largest absolute Gasteiger partial charge is 0.494 e. The molecule has 138 valence electrons. The molecule has 0 aliphatic carbocycles. The number of carbonyl (C=O) groups is 3. The van der Waals surface area contributed by atoms with E-state index in [2.05, 4.69) is 4.74 Å². The lowest BCUT2D eigenvalue weighted by molar-refractivity contribution is -0.144. The van der Waals surface area contributed by atoms with Crippen molar-refractivity contribution in [2.45, 2.75) is 18.6 Å². The summed E-state index contributed by atoms with van der Waals surface area (Å²) in [6.07, 6.45) is -5.66. The highest BCUT2D eigenvalue weighted by molar-refractivity contribution is 5.98. The molecule has 1 unspecified atom stereocenters. The molecule has 0 aromatic heterocycles. The van der Waals surface area contributed by atoms with Crippen LogP contribution in [0.25, 0.3) is 0 Å². The third-order valence-electron chi connectivity index (χ3n) is 2.87. The Balaban J connectivity index is 2.75. The number of carbonyl (C=O) groups excluding carboxylic acids is 2. The highest BCUT2D eigenvalue weighted by atomic mass is 19.4. The van der Waals surface area contributed by atoms with E-state index >= 15 is 0 Å². The predicted molar refractivity (Wildman–Crippen MR) is 75.2 cm³/mol. The van der Waals surface area contributed by atoms with E-state index in [1.807, 2.05) is 5.32 Å². The number of nitrogens with one attached hydrogen (secondary N) is 2. The number of halogens is 4. The topological polar surface area (TPSA) is 105 Å². The number of ether oxygens (including phenoxy) is 1. The van der Waals surface area contributed by atoms with Crippen LogP contribution >= 0.6 is 0 Å². The monoisotopic (exact) mass is 366 g/mol. The van der Waals surface area contributed by atoms with Crippen LogP contribution in [0.4, 0.5) is 17.6 Å². The zero-order chi connectivity index (χ0) is 19.2. The van der Waals surface area contributed by atoms with Crippen molar-refractivity contribution in [3.05, 3.63) is 29.6 Å². The maximum Gasteiger partial charge on any atom is 0.405 e. The molecular weight excluding hydrogens is 352 g/mol. The molecule has 0 radical (unpaired) electrons. The van der Waals surface area contributed by atoms with Gasteiger partial charge in [0, 0.05) is 0 Å². The van der Waals surface area contributed by atoms with Gasteiger partial charge in [0.05, 0.1) is 7.11 Å². The molecule has 25 heavy (non-hydrogen) atoms. The number of benzene rings is 1. The van der Waals surface area contributed by atoms with Crippen molar-refractivity contribution in [3.63, 3.8) is 0 Å². The number of aliphatic carboxylic acids is 1. The normalized spacial score (nSPS) is 12.2. The second-order valence-corrected chi connectivity index (χ2v) is 4.80. The number of amides is 2. The number of rotatable bonds is 7. The van der Waals surface area contributed by atoms with Gasteiger partial charge < -0.3 is 20.5 Å². The maximum absolute atomic E-state index is 13.6. The van der Waals surface area contributed by atoms with Gasteiger partial charge in [0.2, 0.25) is 11.8 Å². The molecule has 0 spiro atoms. The molecule has 7 nitrogen and oxygen atoms in total. The fourth-order valence-corrected chi connectivity index (χ4v) is 1.77. The van der Waals surface area contributed by atoms with Crippen LogP contribution < -0.4 is 15.4 Å². The molecule has 0 fully saturated rings. The van der Waals surface area contributed by atoms with Gasteiger partial charge in [-0.1, -0.05) is 6.07 Å². The van der Waals surface area contributed by atoms with Crippen molar-refractivity contribution in [3.8, 4) is 5.75 Å². The molecule has 0 heterocycles. The molecule has 1 rings (SSSR count). The Labute approximate surface area is 139 Å². The first kappa shape index (κ1) is 20.2.